The average molecular weight is 250 g/mol. The molecule has 0 aliphatic rings. The molecule has 0 bridgehead atoms. The minimum atomic E-state index is 0.153. The third kappa shape index (κ3) is 3.72. The second kappa shape index (κ2) is 6.38. The first kappa shape index (κ1) is 14.5. The second-order valence-corrected chi connectivity index (χ2v) is 4.67. The molecule has 0 unspecified atom stereocenters. The van der Waals surface area contributed by atoms with Crippen molar-refractivity contribution in [2.24, 2.45) is 0 Å². The third-order valence-electron chi connectivity index (χ3n) is 2.97. The van der Waals surface area contributed by atoms with Gasteiger partial charge in [-0.25, -0.2) is 0 Å². The van der Waals surface area contributed by atoms with Crippen LogP contribution in [0.4, 0.5) is 0 Å². The van der Waals surface area contributed by atoms with E-state index < -0.39 is 0 Å². The fourth-order valence-electron chi connectivity index (χ4n) is 1.95. The highest BCUT2D eigenvalue weighted by Crippen LogP contribution is 2.15. The minimum Gasteiger partial charge on any atom is -0.361 e. The summed E-state index contributed by atoms with van der Waals surface area (Å²) < 4.78 is 5.09. The van der Waals surface area contributed by atoms with Crippen molar-refractivity contribution in [3.63, 3.8) is 0 Å². The second-order valence-electron chi connectivity index (χ2n) is 4.67. The third-order valence-corrected chi connectivity index (χ3v) is 2.97. The molecule has 0 radical (unpaired) electrons. The van der Waals surface area contributed by atoms with Crippen LogP contribution in [-0.2, 0) is 11.2 Å². The smallest absolute Gasteiger partial charge is 0.223 e. The van der Waals surface area contributed by atoms with Crippen LogP contribution in [0.1, 0.15) is 37.3 Å². The molecule has 0 spiro atoms. The van der Waals surface area contributed by atoms with E-state index in [1.165, 1.54) is 0 Å². The van der Waals surface area contributed by atoms with Crippen LogP contribution in [0, 0.1) is 13.8 Å². The van der Waals surface area contributed by atoms with Crippen LogP contribution in [0.3, 0.4) is 0 Å². The topological polar surface area (TPSA) is 46.3 Å². The zero-order valence-corrected chi connectivity index (χ0v) is 11.7. The highest BCUT2D eigenvalue weighted by molar-refractivity contribution is 5.76. The zero-order valence-electron chi connectivity index (χ0n) is 11.7. The summed E-state index contributed by atoms with van der Waals surface area (Å²) in [5.41, 5.74) is 2.93. The first-order valence-electron chi connectivity index (χ1n) is 6.29. The summed E-state index contributed by atoms with van der Waals surface area (Å²) in [7, 11) is 0. The van der Waals surface area contributed by atoms with Gasteiger partial charge in [-0.2, -0.15) is 0 Å². The number of rotatable bonds is 6. The molecule has 0 saturated heterocycles. The largest absolute Gasteiger partial charge is 0.361 e. The first-order valence-corrected chi connectivity index (χ1v) is 6.29. The van der Waals surface area contributed by atoms with Crippen molar-refractivity contribution >= 4 is 5.91 Å². The van der Waals surface area contributed by atoms with Crippen LogP contribution in [-0.4, -0.2) is 29.1 Å². The predicted molar refractivity (Wildman–Crippen MR) is 71.4 cm³/mol. The van der Waals surface area contributed by atoms with Gasteiger partial charge in [0, 0.05) is 25.1 Å². The molecule has 1 rings (SSSR count). The number of hydrogen-bond acceptors (Lipinski definition) is 3. The lowest BCUT2D eigenvalue weighted by Crippen LogP contribution is -2.32. The number of hydrogen-bond donors (Lipinski definition) is 0. The molecule has 1 aromatic heterocycles. The summed E-state index contributed by atoms with van der Waals surface area (Å²) in [5.74, 6) is 0.962. The molecule has 0 saturated carbocycles. The Balaban J connectivity index is 2.57. The molecule has 4 heteroatoms. The molecular formula is C14H22N2O2. The average Bonchev–Trinajstić information content (AvgIpc) is 2.63. The molecule has 18 heavy (non-hydrogen) atoms. The van der Waals surface area contributed by atoms with E-state index >= 15 is 0 Å². The first-order chi connectivity index (χ1) is 8.45. The van der Waals surface area contributed by atoms with Crippen LogP contribution >= 0.6 is 0 Å². The normalized spacial score (nSPS) is 10.4. The van der Waals surface area contributed by atoms with Gasteiger partial charge >= 0.3 is 0 Å². The van der Waals surface area contributed by atoms with Crippen molar-refractivity contribution in [3.05, 3.63) is 29.2 Å². The van der Waals surface area contributed by atoms with E-state index in [9.17, 15) is 4.79 Å². The Morgan fingerprint density at radius 1 is 1.44 bits per heavy atom. The molecule has 4 nitrogen and oxygen atoms in total. The Bertz CT molecular complexity index is 416. The number of likely N-dealkylation sites (N-methyl/N-ethyl adjacent to an activating group) is 1. The zero-order chi connectivity index (χ0) is 13.7. The quantitative estimate of drug-likeness (QED) is 0.729. The highest BCUT2D eigenvalue weighted by Gasteiger charge is 2.15. The number of nitrogens with zero attached hydrogens (tertiary/aromatic N) is 2. The van der Waals surface area contributed by atoms with Crippen LogP contribution in [0.15, 0.2) is 16.7 Å². The summed E-state index contributed by atoms with van der Waals surface area (Å²) in [6.45, 7) is 12.9. The van der Waals surface area contributed by atoms with Crippen molar-refractivity contribution in [1.29, 1.82) is 0 Å². The van der Waals surface area contributed by atoms with E-state index in [1.807, 2.05) is 32.6 Å². The van der Waals surface area contributed by atoms with Gasteiger partial charge in [0.15, 0.2) is 0 Å². The van der Waals surface area contributed by atoms with Crippen molar-refractivity contribution in [2.75, 3.05) is 13.1 Å². The summed E-state index contributed by atoms with van der Waals surface area (Å²) in [6.07, 6.45) is 1.18. The van der Waals surface area contributed by atoms with Gasteiger partial charge in [-0.05, 0) is 34.1 Å². The molecule has 1 heterocycles. The standard InChI is InChI=1S/C14H22N2O2/c1-6-16(9-10(2)3)14(17)8-7-13-11(4)15-18-12(13)5/h2,6-9H2,1,3-5H3. The van der Waals surface area contributed by atoms with Crippen molar-refractivity contribution in [2.45, 2.75) is 40.5 Å². The number of aryl methyl sites for hydroxylation is 2. The van der Waals surface area contributed by atoms with Crippen LogP contribution in [0.5, 0.6) is 0 Å². The van der Waals surface area contributed by atoms with Crippen molar-refractivity contribution in [1.82, 2.24) is 10.1 Å². The molecule has 0 aliphatic heterocycles. The van der Waals surface area contributed by atoms with Crippen LogP contribution in [0.25, 0.3) is 0 Å². The molecule has 100 valence electrons. The summed E-state index contributed by atoms with van der Waals surface area (Å²) in [6, 6.07) is 0. The Morgan fingerprint density at radius 2 is 2.11 bits per heavy atom. The SMILES string of the molecule is C=C(C)CN(CC)C(=O)CCc1c(C)noc1C. The summed E-state index contributed by atoms with van der Waals surface area (Å²) in [5, 5.41) is 3.89. The van der Waals surface area contributed by atoms with Gasteiger partial charge in [0.1, 0.15) is 5.76 Å². The van der Waals surface area contributed by atoms with Crippen molar-refractivity contribution in [3.8, 4) is 0 Å². The number of amides is 1. The maximum atomic E-state index is 12.1. The van der Waals surface area contributed by atoms with E-state index in [0.29, 0.717) is 25.9 Å². The maximum absolute atomic E-state index is 12.1. The van der Waals surface area contributed by atoms with Gasteiger partial charge in [0.2, 0.25) is 5.91 Å². The fraction of sp³-hybridized carbons (Fsp3) is 0.571. The van der Waals surface area contributed by atoms with E-state index in [-0.39, 0.29) is 5.91 Å². The number of carbonyl (C=O) groups is 1. The van der Waals surface area contributed by atoms with Gasteiger partial charge in [-0.1, -0.05) is 17.3 Å². The molecular weight excluding hydrogens is 228 g/mol. The van der Waals surface area contributed by atoms with E-state index in [1.54, 1.807) is 0 Å². The van der Waals surface area contributed by atoms with E-state index in [2.05, 4.69) is 11.7 Å². The summed E-state index contributed by atoms with van der Waals surface area (Å²) in [4.78, 5) is 13.9. The molecule has 0 fully saturated rings. The van der Waals surface area contributed by atoms with E-state index in [4.69, 9.17) is 4.52 Å². The maximum Gasteiger partial charge on any atom is 0.223 e. The number of aromatic nitrogens is 1. The van der Waals surface area contributed by atoms with Gasteiger partial charge in [-0.3, -0.25) is 4.79 Å². The van der Waals surface area contributed by atoms with E-state index in [0.717, 1.165) is 22.6 Å². The molecule has 0 aromatic carbocycles. The lowest BCUT2D eigenvalue weighted by Gasteiger charge is -2.20. The molecule has 0 aliphatic carbocycles. The molecule has 1 aromatic rings. The molecule has 1 amide bonds. The number of carbonyl (C=O) groups excluding carboxylic acids is 1. The monoisotopic (exact) mass is 250 g/mol. The van der Waals surface area contributed by atoms with Gasteiger partial charge < -0.3 is 9.42 Å². The Labute approximate surface area is 109 Å². The fourth-order valence-corrected chi connectivity index (χ4v) is 1.95. The van der Waals surface area contributed by atoms with Crippen molar-refractivity contribution < 1.29 is 9.32 Å². The predicted octanol–water partition coefficient (Wildman–Crippen LogP) is 2.65. The highest BCUT2D eigenvalue weighted by atomic mass is 16.5. The molecule has 0 N–H and O–H groups in total. The van der Waals surface area contributed by atoms with Crippen LogP contribution in [0.2, 0.25) is 0 Å². The van der Waals surface area contributed by atoms with Gasteiger partial charge in [0.25, 0.3) is 0 Å². The Kier molecular flexibility index (Phi) is 5.13. The van der Waals surface area contributed by atoms with Crippen LogP contribution < -0.4 is 0 Å². The summed E-state index contributed by atoms with van der Waals surface area (Å²) >= 11 is 0. The Morgan fingerprint density at radius 3 is 2.56 bits per heavy atom. The Hall–Kier alpha value is -1.58. The van der Waals surface area contributed by atoms with Gasteiger partial charge in [-0.15, -0.1) is 0 Å². The van der Waals surface area contributed by atoms with Gasteiger partial charge in [0.05, 0.1) is 5.69 Å². The lowest BCUT2D eigenvalue weighted by molar-refractivity contribution is -0.130. The minimum absolute atomic E-state index is 0.153. The lowest BCUT2D eigenvalue weighted by atomic mass is 10.1. The molecule has 0 atom stereocenters.